The third-order valence-electron chi connectivity index (χ3n) is 11.8. The van der Waals surface area contributed by atoms with Crippen molar-refractivity contribution in [1.29, 1.82) is 0 Å². The van der Waals surface area contributed by atoms with Gasteiger partial charge in [-0.2, -0.15) is 9.97 Å². The molecule has 6 nitrogen and oxygen atoms in total. The Morgan fingerprint density at radius 3 is 1.50 bits per heavy atom. The summed E-state index contributed by atoms with van der Waals surface area (Å²) in [6, 6.07) is 76.1. The van der Waals surface area contributed by atoms with Crippen LogP contribution in [0.1, 0.15) is 0 Å². The monoisotopic (exact) mass is 792 g/mol. The molecule has 12 rings (SSSR count). The molecule has 0 unspecified atom stereocenters. The van der Waals surface area contributed by atoms with E-state index in [-0.39, 0.29) is 0 Å². The lowest BCUT2D eigenvalue weighted by atomic mass is 9.99. The second kappa shape index (κ2) is 14.7. The topological polar surface area (TPSA) is 61.4 Å². The Labute approximate surface area is 357 Å². The highest BCUT2D eigenvalue weighted by Gasteiger charge is 2.22. The Balaban J connectivity index is 1.10. The number of para-hydroxylation sites is 2. The maximum Gasteiger partial charge on any atom is 0.238 e. The molecule has 6 heteroatoms. The average Bonchev–Trinajstić information content (AvgIpc) is 3.86. The van der Waals surface area contributed by atoms with Crippen LogP contribution >= 0.6 is 0 Å². The van der Waals surface area contributed by atoms with E-state index >= 15 is 0 Å². The Morgan fingerprint density at radius 1 is 0.274 bits per heavy atom. The minimum Gasteiger partial charge on any atom is -0.309 e. The molecule has 0 bridgehead atoms. The largest absolute Gasteiger partial charge is 0.309 e. The minimum absolute atomic E-state index is 0.552. The maximum absolute atomic E-state index is 5.36. The third kappa shape index (κ3) is 5.96. The Morgan fingerprint density at radius 2 is 0.790 bits per heavy atom. The first kappa shape index (κ1) is 35.5. The summed E-state index contributed by atoms with van der Waals surface area (Å²) in [6.45, 7) is 0. The summed E-state index contributed by atoms with van der Waals surface area (Å²) in [5, 5.41) is 4.60. The molecule has 0 N–H and O–H groups in total. The highest BCUT2D eigenvalue weighted by atomic mass is 15.2. The summed E-state index contributed by atoms with van der Waals surface area (Å²) in [6.07, 6.45) is 0. The standard InChI is InChI=1S/C56H36N6/c1-4-18-37(19-5-1)42-26-10-11-29-45(42)55-58-54(39-22-8-3-9-23-39)59-56(60-55)62-51-33-15-13-28-44(51)47-35-46-43-27-12-14-32-50(43)61(52(46)36-53(47)62)41-25-16-24-40(34-41)49-31-17-30-48(57-49)38-20-6-2-7-21-38/h1-36H. The fraction of sp³-hybridized carbons (Fsp3) is 0. The van der Waals surface area contributed by atoms with Gasteiger partial charge in [0.25, 0.3) is 0 Å². The smallest absolute Gasteiger partial charge is 0.238 e. The van der Waals surface area contributed by atoms with Gasteiger partial charge in [0.05, 0.1) is 33.5 Å². The quantitative estimate of drug-likeness (QED) is 0.161. The Bertz CT molecular complexity index is 3630. The third-order valence-corrected chi connectivity index (χ3v) is 11.8. The van der Waals surface area contributed by atoms with Crippen LogP contribution in [0.15, 0.2) is 218 Å². The summed E-state index contributed by atoms with van der Waals surface area (Å²) in [5.74, 6) is 1.77. The normalized spacial score (nSPS) is 11.5. The van der Waals surface area contributed by atoms with Crippen LogP contribution in [0.3, 0.4) is 0 Å². The summed E-state index contributed by atoms with van der Waals surface area (Å²) < 4.78 is 4.59. The van der Waals surface area contributed by atoms with Crippen LogP contribution in [0.2, 0.25) is 0 Å². The van der Waals surface area contributed by atoms with Crippen LogP contribution in [0.25, 0.3) is 112 Å². The number of benzene rings is 8. The molecule has 0 atom stereocenters. The molecule has 0 amide bonds. The number of pyridine rings is 1. The van der Waals surface area contributed by atoms with Crippen molar-refractivity contribution in [2.45, 2.75) is 0 Å². The van der Waals surface area contributed by atoms with Crippen LogP contribution in [0.5, 0.6) is 0 Å². The highest BCUT2D eigenvalue weighted by molar-refractivity contribution is 6.19. The molecule has 62 heavy (non-hydrogen) atoms. The van der Waals surface area contributed by atoms with Gasteiger partial charge in [0.15, 0.2) is 11.6 Å². The molecule has 0 saturated carbocycles. The van der Waals surface area contributed by atoms with Crippen LogP contribution in [-0.4, -0.2) is 29.1 Å². The van der Waals surface area contributed by atoms with Crippen LogP contribution in [-0.2, 0) is 0 Å². The summed E-state index contributed by atoms with van der Waals surface area (Å²) in [4.78, 5) is 20.9. The van der Waals surface area contributed by atoms with Gasteiger partial charge in [-0.25, -0.2) is 9.97 Å². The Hall–Kier alpha value is -8.48. The van der Waals surface area contributed by atoms with Crippen molar-refractivity contribution in [3.05, 3.63) is 218 Å². The van der Waals surface area contributed by atoms with Crippen molar-refractivity contribution in [2.24, 2.45) is 0 Å². The predicted molar refractivity (Wildman–Crippen MR) is 253 cm³/mol. The van der Waals surface area contributed by atoms with Crippen molar-refractivity contribution < 1.29 is 0 Å². The van der Waals surface area contributed by atoms with E-state index in [1.807, 2.05) is 30.3 Å². The molecule has 0 spiro atoms. The molecule has 12 aromatic rings. The number of nitrogens with zero attached hydrogens (tertiary/aromatic N) is 6. The van der Waals surface area contributed by atoms with Crippen molar-refractivity contribution >= 4 is 43.6 Å². The van der Waals surface area contributed by atoms with E-state index in [0.717, 1.165) is 83.3 Å². The van der Waals surface area contributed by atoms with Gasteiger partial charge in [-0.05, 0) is 59.7 Å². The second-order valence-corrected chi connectivity index (χ2v) is 15.5. The van der Waals surface area contributed by atoms with E-state index < -0.39 is 0 Å². The van der Waals surface area contributed by atoms with Gasteiger partial charge in [-0.15, -0.1) is 0 Å². The molecule has 4 heterocycles. The Kier molecular flexibility index (Phi) is 8.38. The van der Waals surface area contributed by atoms with Crippen molar-refractivity contribution in [1.82, 2.24) is 29.1 Å². The zero-order chi connectivity index (χ0) is 41.0. The van der Waals surface area contributed by atoms with E-state index in [9.17, 15) is 0 Å². The molecule has 8 aromatic carbocycles. The lowest BCUT2D eigenvalue weighted by Crippen LogP contribution is -2.07. The van der Waals surface area contributed by atoms with Gasteiger partial charge < -0.3 is 4.57 Å². The minimum atomic E-state index is 0.552. The predicted octanol–water partition coefficient (Wildman–Crippen LogP) is 13.8. The van der Waals surface area contributed by atoms with Crippen LogP contribution in [0.4, 0.5) is 0 Å². The molecule has 0 fully saturated rings. The highest BCUT2D eigenvalue weighted by Crippen LogP contribution is 2.40. The van der Waals surface area contributed by atoms with E-state index in [1.54, 1.807) is 0 Å². The molecule has 0 saturated heterocycles. The van der Waals surface area contributed by atoms with Gasteiger partial charge in [0, 0.05) is 49.5 Å². The number of hydrogen-bond acceptors (Lipinski definition) is 4. The molecule has 0 aliphatic carbocycles. The van der Waals surface area contributed by atoms with Gasteiger partial charge in [-0.1, -0.05) is 170 Å². The van der Waals surface area contributed by atoms with Gasteiger partial charge in [0.2, 0.25) is 5.95 Å². The summed E-state index contributed by atoms with van der Waals surface area (Å²) in [5.41, 5.74) is 13.3. The molecule has 290 valence electrons. The van der Waals surface area contributed by atoms with E-state index in [0.29, 0.717) is 17.6 Å². The van der Waals surface area contributed by atoms with E-state index in [1.165, 1.54) is 10.8 Å². The lowest BCUT2D eigenvalue weighted by Gasteiger charge is -2.14. The average molecular weight is 793 g/mol. The fourth-order valence-electron chi connectivity index (χ4n) is 8.94. The molecule has 0 aliphatic heterocycles. The van der Waals surface area contributed by atoms with Gasteiger partial charge in [0.1, 0.15) is 0 Å². The number of hydrogen-bond donors (Lipinski definition) is 0. The van der Waals surface area contributed by atoms with E-state index in [4.69, 9.17) is 19.9 Å². The zero-order valence-electron chi connectivity index (χ0n) is 33.5. The molecule has 0 radical (unpaired) electrons. The van der Waals surface area contributed by atoms with Crippen LogP contribution < -0.4 is 0 Å². The molecular formula is C56H36N6. The SMILES string of the molecule is c1ccc(-c2cccc(-c3cccc(-n4c5ccccc5c5cc6c7ccccc7n(-c7nc(-c8ccccc8)nc(-c8ccccc8-c8ccccc8)n7)c6cc54)c3)n2)cc1. The van der Waals surface area contributed by atoms with Gasteiger partial charge in [-0.3, -0.25) is 4.57 Å². The first-order valence-corrected chi connectivity index (χ1v) is 20.8. The lowest BCUT2D eigenvalue weighted by molar-refractivity contribution is 0.954. The van der Waals surface area contributed by atoms with Crippen molar-refractivity contribution in [2.75, 3.05) is 0 Å². The van der Waals surface area contributed by atoms with E-state index in [2.05, 4.69) is 197 Å². The summed E-state index contributed by atoms with van der Waals surface area (Å²) >= 11 is 0. The first-order valence-electron chi connectivity index (χ1n) is 20.8. The fourth-order valence-corrected chi connectivity index (χ4v) is 8.94. The zero-order valence-corrected chi connectivity index (χ0v) is 33.5. The molecule has 4 aromatic heterocycles. The second-order valence-electron chi connectivity index (χ2n) is 15.5. The number of aromatic nitrogens is 6. The maximum atomic E-state index is 5.36. The van der Waals surface area contributed by atoms with Gasteiger partial charge >= 0.3 is 0 Å². The van der Waals surface area contributed by atoms with Crippen LogP contribution in [0, 0.1) is 0 Å². The molecular weight excluding hydrogens is 757 g/mol. The number of fused-ring (bicyclic) bond motifs is 6. The van der Waals surface area contributed by atoms with Crippen molar-refractivity contribution in [3.63, 3.8) is 0 Å². The number of rotatable bonds is 7. The molecule has 0 aliphatic rings. The van der Waals surface area contributed by atoms with Crippen molar-refractivity contribution in [3.8, 4) is 68.1 Å². The summed E-state index contributed by atoms with van der Waals surface area (Å²) in [7, 11) is 0. The first-order chi connectivity index (χ1) is 30.7.